The SMILES string of the molecule is CCCNC(COCC)CC(C)(C)C. The third-order valence-corrected chi connectivity index (χ3v) is 2.06. The average Bonchev–Trinajstić information content (AvgIpc) is 2.07. The molecule has 0 aliphatic heterocycles. The molecule has 2 heteroatoms. The van der Waals surface area contributed by atoms with Crippen LogP contribution in [0, 0.1) is 5.41 Å². The molecule has 0 aromatic heterocycles. The van der Waals surface area contributed by atoms with Crippen LogP contribution in [0.5, 0.6) is 0 Å². The number of ether oxygens (including phenoxy) is 1. The van der Waals surface area contributed by atoms with E-state index in [4.69, 9.17) is 4.74 Å². The van der Waals surface area contributed by atoms with Gasteiger partial charge in [0.2, 0.25) is 0 Å². The van der Waals surface area contributed by atoms with Crippen LogP contribution in [0.2, 0.25) is 0 Å². The molecule has 0 rings (SSSR count). The van der Waals surface area contributed by atoms with Crippen LogP contribution in [0.4, 0.5) is 0 Å². The molecule has 0 aliphatic rings. The van der Waals surface area contributed by atoms with Gasteiger partial charge in [-0.25, -0.2) is 0 Å². The van der Waals surface area contributed by atoms with E-state index in [2.05, 4.69) is 33.0 Å². The highest BCUT2D eigenvalue weighted by Crippen LogP contribution is 2.20. The summed E-state index contributed by atoms with van der Waals surface area (Å²) < 4.78 is 5.48. The maximum atomic E-state index is 5.48. The largest absolute Gasteiger partial charge is 0.380 e. The Kier molecular flexibility index (Phi) is 7.20. The topological polar surface area (TPSA) is 21.3 Å². The summed E-state index contributed by atoms with van der Waals surface area (Å²) in [6.07, 6.45) is 2.36. The van der Waals surface area contributed by atoms with Crippen molar-refractivity contribution in [3.63, 3.8) is 0 Å². The van der Waals surface area contributed by atoms with Gasteiger partial charge in [0, 0.05) is 12.6 Å². The van der Waals surface area contributed by atoms with Crippen LogP contribution < -0.4 is 5.32 Å². The number of hydrogen-bond donors (Lipinski definition) is 1. The Morgan fingerprint density at radius 2 is 1.86 bits per heavy atom. The second-order valence-electron chi connectivity index (χ2n) is 5.08. The van der Waals surface area contributed by atoms with Gasteiger partial charge in [0.1, 0.15) is 0 Å². The van der Waals surface area contributed by atoms with Crippen molar-refractivity contribution in [2.45, 2.75) is 53.5 Å². The third-order valence-electron chi connectivity index (χ3n) is 2.06. The predicted molar refractivity (Wildman–Crippen MR) is 62.6 cm³/mol. The molecule has 1 unspecified atom stereocenters. The normalized spacial score (nSPS) is 14.4. The van der Waals surface area contributed by atoms with Gasteiger partial charge in [-0.1, -0.05) is 27.7 Å². The second kappa shape index (κ2) is 7.24. The minimum Gasteiger partial charge on any atom is -0.380 e. The van der Waals surface area contributed by atoms with Crippen LogP contribution >= 0.6 is 0 Å². The highest BCUT2D eigenvalue weighted by atomic mass is 16.5. The fourth-order valence-corrected chi connectivity index (χ4v) is 1.54. The minimum atomic E-state index is 0.377. The van der Waals surface area contributed by atoms with Crippen LogP contribution in [0.15, 0.2) is 0 Å². The van der Waals surface area contributed by atoms with Crippen molar-refractivity contribution in [1.29, 1.82) is 0 Å². The quantitative estimate of drug-likeness (QED) is 0.684. The summed E-state index contributed by atoms with van der Waals surface area (Å²) >= 11 is 0. The minimum absolute atomic E-state index is 0.377. The van der Waals surface area contributed by atoms with Crippen molar-refractivity contribution in [1.82, 2.24) is 5.32 Å². The molecule has 0 aromatic rings. The lowest BCUT2D eigenvalue weighted by molar-refractivity contribution is 0.107. The Hall–Kier alpha value is -0.0800. The van der Waals surface area contributed by atoms with Gasteiger partial charge in [-0.05, 0) is 31.7 Å². The molecular formula is C12H27NO. The molecule has 1 atom stereocenters. The molecule has 0 fully saturated rings. The molecule has 0 spiro atoms. The lowest BCUT2D eigenvalue weighted by atomic mass is 9.88. The molecule has 0 radical (unpaired) electrons. The maximum Gasteiger partial charge on any atom is 0.0619 e. The van der Waals surface area contributed by atoms with Gasteiger partial charge in [-0.15, -0.1) is 0 Å². The average molecular weight is 201 g/mol. The number of nitrogens with one attached hydrogen (secondary N) is 1. The zero-order chi connectivity index (χ0) is 11.0. The Bertz CT molecular complexity index is 121. The van der Waals surface area contributed by atoms with E-state index in [0.717, 1.165) is 19.8 Å². The molecule has 0 aromatic carbocycles. The summed E-state index contributed by atoms with van der Waals surface area (Å²) in [5, 5.41) is 3.54. The van der Waals surface area contributed by atoms with Crippen LogP contribution in [0.3, 0.4) is 0 Å². The Balaban J connectivity index is 3.84. The third kappa shape index (κ3) is 8.52. The molecule has 0 heterocycles. The first-order chi connectivity index (χ1) is 6.49. The van der Waals surface area contributed by atoms with Crippen LogP contribution in [-0.4, -0.2) is 25.8 Å². The summed E-state index contributed by atoms with van der Waals surface area (Å²) in [7, 11) is 0. The molecule has 2 nitrogen and oxygen atoms in total. The fraction of sp³-hybridized carbons (Fsp3) is 1.00. The number of hydrogen-bond acceptors (Lipinski definition) is 2. The van der Waals surface area contributed by atoms with Gasteiger partial charge in [0.05, 0.1) is 6.61 Å². The fourth-order valence-electron chi connectivity index (χ4n) is 1.54. The zero-order valence-electron chi connectivity index (χ0n) is 10.5. The van der Waals surface area contributed by atoms with Crippen molar-refractivity contribution in [2.24, 2.45) is 5.41 Å². The summed E-state index contributed by atoms with van der Waals surface area (Å²) in [5.41, 5.74) is 0.377. The summed E-state index contributed by atoms with van der Waals surface area (Å²) in [5.74, 6) is 0. The van der Waals surface area contributed by atoms with Crippen molar-refractivity contribution < 1.29 is 4.74 Å². The zero-order valence-corrected chi connectivity index (χ0v) is 10.5. The standard InChI is InChI=1S/C12H27NO/c1-6-8-13-11(10-14-7-2)9-12(3,4)5/h11,13H,6-10H2,1-5H3. The van der Waals surface area contributed by atoms with E-state index in [1.54, 1.807) is 0 Å². The van der Waals surface area contributed by atoms with E-state index in [1.165, 1.54) is 12.8 Å². The first-order valence-corrected chi connectivity index (χ1v) is 5.80. The van der Waals surface area contributed by atoms with Crippen LogP contribution in [0.1, 0.15) is 47.5 Å². The van der Waals surface area contributed by atoms with Gasteiger partial charge in [-0.2, -0.15) is 0 Å². The lowest BCUT2D eigenvalue weighted by Gasteiger charge is -2.26. The highest BCUT2D eigenvalue weighted by Gasteiger charge is 2.17. The Morgan fingerprint density at radius 3 is 2.29 bits per heavy atom. The van der Waals surface area contributed by atoms with Crippen molar-refractivity contribution in [3.8, 4) is 0 Å². The van der Waals surface area contributed by atoms with E-state index in [0.29, 0.717) is 11.5 Å². The van der Waals surface area contributed by atoms with Gasteiger partial charge in [0.25, 0.3) is 0 Å². The number of rotatable bonds is 7. The molecular weight excluding hydrogens is 174 g/mol. The monoisotopic (exact) mass is 201 g/mol. The van der Waals surface area contributed by atoms with Crippen molar-refractivity contribution in [2.75, 3.05) is 19.8 Å². The molecule has 0 amide bonds. The Morgan fingerprint density at radius 1 is 1.21 bits per heavy atom. The second-order valence-corrected chi connectivity index (χ2v) is 5.08. The molecule has 0 saturated carbocycles. The van der Waals surface area contributed by atoms with Gasteiger partial charge in [-0.3, -0.25) is 0 Å². The summed E-state index contributed by atoms with van der Waals surface area (Å²) in [6, 6.07) is 0.509. The molecule has 0 saturated heterocycles. The first-order valence-electron chi connectivity index (χ1n) is 5.80. The van der Waals surface area contributed by atoms with E-state index in [-0.39, 0.29) is 0 Å². The van der Waals surface area contributed by atoms with Gasteiger partial charge in [0.15, 0.2) is 0 Å². The maximum absolute atomic E-state index is 5.48. The molecule has 86 valence electrons. The molecule has 14 heavy (non-hydrogen) atoms. The van der Waals surface area contributed by atoms with Crippen molar-refractivity contribution in [3.05, 3.63) is 0 Å². The van der Waals surface area contributed by atoms with Crippen LogP contribution in [-0.2, 0) is 4.74 Å². The van der Waals surface area contributed by atoms with E-state index in [1.807, 2.05) is 6.92 Å². The first kappa shape index (κ1) is 13.9. The highest BCUT2D eigenvalue weighted by molar-refractivity contribution is 4.74. The molecule has 0 aliphatic carbocycles. The summed E-state index contributed by atoms with van der Waals surface area (Å²) in [4.78, 5) is 0. The van der Waals surface area contributed by atoms with E-state index >= 15 is 0 Å². The Labute approximate surface area is 89.4 Å². The van der Waals surface area contributed by atoms with E-state index < -0.39 is 0 Å². The smallest absolute Gasteiger partial charge is 0.0619 e. The van der Waals surface area contributed by atoms with E-state index in [9.17, 15) is 0 Å². The van der Waals surface area contributed by atoms with Crippen LogP contribution in [0.25, 0.3) is 0 Å². The molecule has 1 N–H and O–H groups in total. The molecule has 0 bridgehead atoms. The predicted octanol–water partition coefficient (Wildman–Crippen LogP) is 2.83. The lowest BCUT2D eigenvalue weighted by Crippen LogP contribution is -2.37. The van der Waals surface area contributed by atoms with Gasteiger partial charge < -0.3 is 10.1 Å². The van der Waals surface area contributed by atoms with Gasteiger partial charge >= 0.3 is 0 Å². The van der Waals surface area contributed by atoms with Crippen molar-refractivity contribution >= 4 is 0 Å². The summed E-state index contributed by atoms with van der Waals surface area (Å²) in [6.45, 7) is 13.8.